The maximum absolute atomic E-state index is 6.23. The molecule has 0 radical (unpaired) electrons. The van der Waals surface area contributed by atoms with Gasteiger partial charge in [-0.2, -0.15) is 0 Å². The summed E-state index contributed by atoms with van der Waals surface area (Å²) in [6.45, 7) is 8.63. The van der Waals surface area contributed by atoms with E-state index in [2.05, 4.69) is 75.1 Å². The number of hydrogen-bond donors (Lipinski definition) is 1. The highest BCUT2D eigenvalue weighted by molar-refractivity contribution is 5.70. The average molecular weight is 361 g/mol. The number of pyridine rings is 1. The number of anilines is 1. The summed E-state index contributed by atoms with van der Waals surface area (Å²) in [4.78, 5) is 4.16. The van der Waals surface area contributed by atoms with Gasteiger partial charge in [0.15, 0.2) is 0 Å². The lowest BCUT2D eigenvalue weighted by Gasteiger charge is -2.18. The molecule has 3 nitrogen and oxygen atoms in total. The van der Waals surface area contributed by atoms with Gasteiger partial charge in [0.25, 0.3) is 0 Å². The van der Waals surface area contributed by atoms with Crippen LogP contribution in [0, 0.1) is 6.92 Å². The zero-order valence-corrected chi connectivity index (χ0v) is 16.6. The number of hydrogen-bond acceptors (Lipinski definition) is 3. The summed E-state index contributed by atoms with van der Waals surface area (Å²) in [5.41, 5.74) is 12.8. The molecule has 0 aliphatic carbocycles. The molecular formula is C24H28N2O. The Morgan fingerprint density at radius 3 is 2.56 bits per heavy atom. The normalized spacial score (nSPS) is 12.2. The molecule has 140 valence electrons. The lowest BCUT2D eigenvalue weighted by atomic mass is 9.92. The summed E-state index contributed by atoms with van der Waals surface area (Å²) in [5, 5.41) is 0. The quantitative estimate of drug-likeness (QED) is 0.607. The van der Waals surface area contributed by atoms with Gasteiger partial charge in [-0.25, -0.2) is 0 Å². The molecule has 0 spiro atoms. The van der Waals surface area contributed by atoms with Gasteiger partial charge in [-0.3, -0.25) is 4.98 Å². The minimum Gasteiger partial charge on any atom is -0.490 e. The third-order valence-electron chi connectivity index (χ3n) is 4.73. The third-order valence-corrected chi connectivity index (χ3v) is 4.73. The van der Waals surface area contributed by atoms with Crippen LogP contribution in [0.15, 0.2) is 60.9 Å². The standard InChI is InChI=1S/C24H28N2O/c1-16(2)22-7-5-6-8-23(22)19-11-17(3)12-21(14-19)27-18(4)13-20-15-26-10-9-24(20)25/h5-12,14-16,18H,13H2,1-4H3,(H2,25,26). The van der Waals surface area contributed by atoms with Gasteiger partial charge in [0.05, 0.1) is 0 Å². The third kappa shape index (κ3) is 4.68. The van der Waals surface area contributed by atoms with E-state index in [1.54, 1.807) is 6.20 Å². The van der Waals surface area contributed by atoms with E-state index in [0.717, 1.165) is 23.4 Å². The molecule has 2 N–H and O–H groups in total. The Hall–Kier alpha value is -2.81. The Morgan fingerprint density at radius 1 is 1.04 bits per heavy atom. The summed E-state index contributed by atoms with van der Waals surface area (Å²) in [5.74, 6) is 1.36. The summed E-state index contributed by atoms with van der Waals surface area (Å²) >= 11 is 0. The van der Waals surface area contributed by atoms with Crippen molar-refractivity contribution in [1.29, 1.82) is 0 Å². The molecule has 3 heteroatoms. The molecule has 0 bridgehead atoms. The number of nitrogen functional groups attached to an aromatic ring is 1. The van der Waals surface area contributed by atoms with Gasteiger partial charge in [0, 0.05) is 24.5 Å². The van der Waals surface area contributed by atoms with E-state index in [9.17, 15) is 0 Å². The summed E-state index contributed by atoms with van der Waals surface area (Å²) in [6, 6.07) is 16.9. The van der Waals surface area contributed by atoms with Crippen LogP contribution >= 0.6 is 0 Å². The zero-order valence-electron chi connectivity index (χ0n) is 16.6. The zero-order chi connectivity index (χ0) is 19.4. The first-order chi connectivity index (χ1) is 12.9. The highest BCUT2D eigenvalue weighted by Gasteiger charge is 2.12. The number of aromatic nitrogens is 1. The van der Waals surface area contributed by atoms with E-state index in [1.807, 2.05) is 12.3 Å². The molecule has 0 amide bonds. The van der Waals surface area contributed by atoms with Gasteiger partial charge >= 0.3 is 0 Å². The van der Waals surface area contributed by atoms with Gasteiger partial charge in [-0.15, -0.1) is 0 Å². The highest BCUT2D eigenvalue weighted by Crippen LogP contribution is 2.32. The van der Waals surface area contributed by atoms with Crippen LogP contribution in [0.2, 0.25) is 0 Å². The molecule has 0 aliphatic heterocycles. The summed E-state index contributed by atoms with van der Waals surface area (Å²) < 4.78 is 6.23. The molecular weight excluding hydrogens is 332 g/mol. The van der Waals surface area contributed by atoms with Crippen molar-refractivity contribution in [3.8, 4) is 16.9 Å². The Kier molecular flexibility index (Phi) is 5.80. The second-order valence-electron chi connectivity index (χ2n) is 7.48. The van der Waals surface area contributed by atoms with Gasteiger partial charge in [0.2, 0.25) is 0 Å². The molecule has 2 aromatic carbocycles. The smallest absolute Gasteiger partial charge is 0.120 e. The molecule has 1 atom stereocenters. The van der Waals surface area contributed by atoms with Gasteiger partial charge < -0.3 is 10.5 Å². The van der Waals surface area contributed by atoms with Crippen LogP contribution in [-0.4, -0.2) is 11.1 Å². The van der Waals surface area contributed by atoms with Crippen LogP contribution in [0.25, 0.3) is 11.1 Å². The number of aryl methyl sites for hydroxylation is 1. The van der Waals surface area contributed by atoms with Gasteiger partial charge in [-0.05, 0) is 65.8 Å². The van der Waals surface area contributed by atoms with Crippen molar-refractivity contribution >= 4 is 5.69 Å². The summed E-state index contributed by atoms with van der Waals surface area (Å²) in [7, 11) is 0. The number of ether oxygens (including phenoxy) is 1. The Morgan fingerprint density at radius 2 is 1.81 bits per heavy atom. The van der Waals surface area contributed by atoms with Crippen LogP contribution in [0.1, 0.15) is 43.4 Å². The van der Waals surface area contributed by atoms with Crippen molar-refractivity contribution in [1.82, 2.24) is 4.98 Å². The number of nitrogens with zero attached hydrogens (tertiary/aromatic N) is 1. The van der Waals surface area contributed by atoms with Gasteiger partial charge in [0.1, 0.15) is 11.9 Å². The van der Waals surface area contributed by atoms with Crippen molar-refractivity contribution in [2.45, 2.75) is 46.1 Å². The molecule has 3 aromatic rings. The minimum atomic E-state index is 0.00601. The topological polar surface area (TPSA) is 48.1 Å². The molecule has 1 heterocycles. The molecule has 0 saturated heterocycles. The molecule has 1 unspecified atom stereocenters. The van der Waals surface area contributed by atoms with Gasteiger partial charge in [-0.1, -0.05) is 44.2 Å². The summed E-state index contributed by atoms with van der Waals surface area (Å²) in [6.07, 6.45) is 4.26. The molecule has 0 fully saturated rings. The van der Waals surface area contributed by atoms with Crippen LogP contribution < -0.4 is 10.5 Å². The predicted molar refractivity (Wildman–Crippen MR) is 113 cm³/mol. The van der Waals surface area contributed by atoms with E-state index in [-0.39, 0.29) is 6.10 Å². The van der Waals surface area contributed by atoms with E-state index >= 15 is 0 Å². The molecule has 1 aromatic heterocycles. The first-order valence-electron chi connectivity index (χ1n) is 9.50. The van der Waals surface area contributed by atoms with Crippen LogP contribution in [0.4, 0.5) is 5.69 Å². The largest absolute Gasteiger partial charge is 0.490 e. The monoisotopic (exact) mass is 360 g/mol. The van der Waals surface area contributed by atoms with Crippen molar-refractivity contribution < 1.29 is 4.74 Å². The molecule has 27 heavy (non-hydrogen) atoms. The van der Waals surface area contributed by atoms with Crippen LogP contribution in [0.5, 0.6) is 5.75 Å². The van der Waals surface area contributed by atoms with E-state index in [0.29, 0.717) is 5.92 Å². The van der Waals surface area contributed by atoms with E-state index in [1.165, 1.54) is 22.3 Å². The van der Waals surface area contributed by atoms with E-state index in [4.69, 9.17) is 10.5 Å². The molecule has 0 saturated carbocycles. The Balaban J connectivity index is 1.85. The maximum Gasteiger partial charge on any atom is 0.120 e. The number of rotatable bonds is 6. The second-order valence-corrected chi connectivity index (χ2v) is 7.48. The SMILES string of the molecule is Cc1cc(OC(C)Cc2cnccc2N)cc(-c2ccccc2C(C)C)c1. The maximum atomic E-state index is 6.23. The lowest BCUT2D eigenvalue weighted by molar-refractivity contribution is 0.222. The second kappa shape index (κ2) is 8.26. The van der Waals surface area contributed by atoms with Crippen molar-refractivity contribution in [2.75, 3.05) is 5.73 Å². The minimum absolute atomic E-state index is 0.00601. The van der Waals surface area contributed by atoms with Crippen molar-refractivity contribution in [3.63, 3.8) is 0 Å². The van der Waals surface area contributed by atoms with E-state index < -0.39 is 0 Å². The molecule has 3 rings (SSSR count). The average Bonchev–Trinajstić information content (AvgIpc) is 2.63. The fourth-order valence-electron chi connectivity index (χ4n) is 3.43. The van der Waals surface area contributed by atoms with Crippen molar-refractivity contribution in [3.05, 3.63) is 77.6 Å². The molecule has 0 aliphatic rings. The Labute approximate surface area is 162 Å². The first-order valence-corrected chi connectivity index (χ1v) is 9.50. The van der Waals surface area contributed by atoms with Crippen LogP contribution in [0.3, 0.4) is 0 Å². The fourth-order valence-corrected chi connectivity index (χ4v) is 3.43. The lowest BCUT2D eigenvalue weighted by Crippen LogP contribution is -2.16. The number of benzene rings is 2. The predicted octanol–water partition coefficient (Wildman–Crippen LogP) is 5.77. The number of nitrogens with two attached hydrogens (primary N) is 1. The Bertz CT molecular complexity index is 918. The highest BCUT2D eigenvalue weighted by atomic mass is 16.5. The fraction of sp³-hybridized carbons (Fsp3) is 0.292. The first kappa shape index (κ1) is 19.0. The van der Waals surface area contributed by atoms with Crippen LogP contribution in [-0.2, 0) is 6.42 Å². The van der Waals surface area contributed by atoms with Crippen molar-refractivity contribution in [2.24, 2.45) is 0 Å².